The van der Waals surface area contributed by atoms with E-state index in [2.05, 4.69) is 6.58 Å². The van der Waals surface area contributed by atoms with E-state index >= 15 is 0 Å². The maximum absolute atomic E-state index is 9.73. The predicted molar refractivity (Wildman–Crippen MR) is 66.9 cm³/mol. The normalized spacial score (nSPS) is 7.24. The number of quaternary nitrogens is 4. The summed E-state index contributed by atoms with van der Waals surface area (Å²) in [6, 6.07) is 0. The quantitative estimate of drug-likeness (QED) is 0.361. The van der Waals surface area contributed by atoms with Crippen molar-refractivity contribution in [1.29, 1.82) is 0 Å². The van der Waals surface area contributed by atoms with Crippen molar-refractivity contribution >= 4 is 23.9 Å². The molecular formula is C9H22N4O8. The van der Waals surface area contributed by atoms with E-state index in [1.807, 2.05) is 0 Å². The van der Waals surface area contributed by atoms with Gasteiger partial charge in [0.25, 0.3) is 0 Å². The topological polar surface area (TPSA) is 307 Å². The summed E-state index contributed by atoms with van der Waals surface area (Å²) in [4.78, 5) is 38.2. The molecule has 12 heteroatoms. The van der Waals surface area contributed by atoms with E-state index in [4.69, 9.17) is 0 Å². The third kappa shape index (κ3) is 38.2. The van der Waals surface area contributed by atoms with Crippen molar-refractivity contribution < 1.29 is 39.6 Å². The van der Waals surface area contributed by atoms with Crippen LogP contribution in [0.15, 0.2) is 24.3 Å². The molecule has 21 heavy (non-hydrogen) atoms. The minimum atomic E-state index is -1.56. The van der Waals surface area contributed by atoms with E-state index in [0.29, 0.717) is 12.2 Å². The van der Waals surface area contributed by atoms with E-state index in [-0.39, 0.29) is 24.6 Å². The first-order chi connectivity index (χ1) is 7.66. The smallest absolute Gasteiger partial charge is 0.0672 e. The Balaban J connectivity index is -0.0000000452. The van der Waals surface area contributed by atoms with Crippen LogP contribution in [0.4, 0.5) is 0 Å². The fourth-order valence-corrected chi connectivity index (χ4v) is 0.382. The average Bonchev–Trinajstić information content (AvgIpc) is 2.14. The number of carboxylic acids is 4. The Hall–Kier alpha value is -2.80. The highest BCUT2D eigenvalue weighted by Gasteiger charge is 1.92. The highest BCUT2D eigenvalue weighted by molar-refractivity contribution is 5.89. The molecular weight excluding hydrogens is 292 g/mol. The highest BCUT2D eigenvalue weighted by Crippen LogP contribution is 1.92. The molecule has 0 aromatic rings. The van der Waals surface area contributed by atoms with E-state index < -0.39 is 35.9 Å². The van der Waals surface area contributed by atoms with Crippen LogP contribution in [0.2, 0.25) is 0 Å². The Morgan fingerprint density at radius 3 is 1.14 bits per heavy atom. The maximum atomic E-state index is 9.73. The molecule has 16 N–H and O–H groups in total. The van der Waals surface area contributed by atoms with Crippen LogP contribution in [0, 0.1) is 0 Å². The summed E-state index contributed by atoms with van der Waals surface area (Å²) < 4.78 is 0. The van der Waals surface area contributed by atoms with Crippen LogP contribution in [0.1, 0.15) is 6.42 Å². The lowest BCUT2D eigenvalue weighted by molar-refractivity contribution is -0.309. The van der Waals surface area contributed by atoms with Crippen molar-refractivity contribution in [3.05, 3.63) is 24.3 Å². The van der Waals surface area contributed by atoms with Gasteiger partial charge in [-0.25, -0.2) is 0 Å². The van der Waals surface area contributed by atoms with Crippen molar-refractivity contribution in [2.75, 3.05) is 0 Å². The largest absolute Gasteiger partial charge is 0.550 e. The minimum absolute atomic E-state index is 0. The van der Waals surface area contributed by atoms with Gasteiger partial charge in [0.05, 0.1) is 17.9 Å². The molecule has 0 aromatic heterocycles. The standard InChI is InChI=1S/C5H6O4.C4H4O4.4H3N/c1-3(5(8)9)2-4(6)7;5-3(6)1-2-4(7)8;;;;/h1-2H2,(H,6,7)(H,8,9);1-2H,(H,5,6)(H,7,8);4*1H3/b;2-1-;;;;. The third-order valence-corrected chi connectivity index (χ3v) is 1.00. The zero-order chi connectivity index (χ0) is 14.0. The van der Waals surface area contributed by atoms with Gasteiger partial charge in [0, 0.05) is 12.4 Å². The molecule has 126 valence electrons. The van der Waals surface area contributed by atoms with Crippen LogP contribution in [-0.4, -0.2) is 23.9 Å². The minimum Gasteiger partial charge on any atom is -0.550 e. The molecule has 0 rings (SSSR count). The van der Waals surface area contributed by atoms with Gasteiger partial charge in [-0.05, 0) is 17.7 Å². The van der Waals surface area contributed by atoms with Crippen LogP contribution in [0.5, 0.6) is 0 Å². The Kier molecular flexibility index (Phi) is 33.7. The number of rotatable bonds is 5. The number of hydrogen-bond donors (Lipinski definition) is 4. The molecule has 0 amide bonds. The van der Waals surface area contributed by atoms with Crippen LogP contribution in [0.25, 0.3) is 0 Å². The molecule has 0 unspecified atom stereocenters. The van der Waals surface area contributed by atoms with Crippen LogP contribution in [0.3, 0.4) is 0 Å². The second-order valence-electron chi connectivity index (χ2n) is 2.41. The second-order valence-corrected chi connectivity index (χ2v) is 2.41. The van der Waals surface area contributed by atoms with Gasteiger partial charge in [0.1, 0.15) is 0 Å². The average molecular weight is 314 g/mol. The summed E-state index contributed by atoms with van der Waals surface area (Å²) in [7, 11) is 0. The molecule has 0 heterocycles. The molecule has 0 atom stereocenters. The van der Waals surface area contributed by atoms with E-state index in [1.165, 1.54) is 0 Å². The third-order valence-electron chi connectivity index (χ3n) is 1.00. The Morgan fingerprint density at radius 1 is 0.762 bits per heavy atom. The number of carbonyl (C=O) groups is 4. The summed E-state index contributed by atoms with van der Waals surface area (Å²) in [6.07, 6.45) is 0.0903. The second kappa shape index (κ2) is 19.5. The summed E-state index contributed by atoms with van der Waals surface area (Å²) in [6.45, 7) is 2.91. The van der Waals surface area contributed by atoms with Crippen molar-refractivity contribution in [3.63, 3.8) is 0 Å². The van der Waals surface area contributed by atoms with Gasteiger partial charge >= 0.3 is 0 Å². The lowest BCUT2D eigenvalue weighted by Crippen LogP contribution is -2.29. The van der Waals surface area contributed by atoms with Crippen molar-refractivity contribution in [2.24, 2.45) is 0 Å². The summed E-state index contributed by atoms with van der Waals surface area (Å²) in [5, 5.41) is 38.2. The van der Waals surface area contributed by atoms with Crippen molar-refractivity contribution in [1.82, 2.24) is 24.6 Å². The van der Waals surface area contributed by atoms with E-state index in [9.17, 15) is 39.6 Å². The van der Waals surface area contributed by atoms with Gasteiger partial charge in [-0.2, -0.15) is 0 Å². The van der Waals surface area contributed by atoms with Gasteiger partial charge in [-0.1, -0.05) is 6.58 Å². The van der Waals surface area contributed by atoms with Gasteiger partial charge < -0.3 is 64.2 Å². The van der Waals surface area contributed by atoms with Gasteiger partial charge in [-0.15, -0.1) is 0 Å². The molecule has 0 fully saturated rings. The lowest BCUT2D eigenvalue weighted by Gasteiger charge is -2.05. The van der Waals surface area contributed by atoms with Crippen molar-refractivity contribution in [3.8, 4) is 0 Å². The monoisotopic (exact) mass is 314 g/mol. The number of carbonyl (C=O) groups excluding carboxylic acids is 4. The number of carboxylic acid groups (broad SMARTS) is 4. The van der Waals surface area contributed by atoms with E-state index in [0.717, 1.165) is 0 Å². The first-order valence-electron chi connectivity index (χ1n) is 3.85. The molecule has 0 aliphatic heterocycles. The zero-order valence-corrected chi connectivity index (χ0v) is 12.3. The first kappa shape index (κ1) is 36.2. The fraction of sp³-hybridized carbons (Fsp3) is 0.111. The van der Waals surface area contributed by atoms with Crippen LogP contribution in [-0.2, 0) is 19.2 Å². The number of hydrogen-bond acceptors (Lipinski definition) is 8. The Morgan fingerprint density at radius 2 is 1.05 bits per heavy atom. The SMILES string of the molecule is C=C(CC(=O)[O-])C(=O)[O-].O=C([O-])/C=C\C(=O)[O-].[NH4+].[NH4+].[NH4+].[NH4+]. The molecule has 0 saturated carbocycles. The lowest BCUT2D eigenvalue weighted by atomic mass is 10.2. The fourth-order valence-electron chi connectivity index (χ4n) is 0.382. The maximum Gasteiger partial charge on any atom is 0.0672 e. The molecule has 12 nitrogen and oxygen atoms in total. The molecule has 0 radical (unpaired) electrons. The van der Waals surface area contributed by atoms with Crippen LogP contribution >= 0.6 is 0 Å². The summed E-state index contributed by atoms with van der Waals surface area (Å²) in [5.74, 6) is -6.12. The summed E-state index contributed by atoms with van der Waals surface area (Å²) >= 11 is 0. The van der Waals surface area contributed by atoms with Crippen LogP contribution < -0.4 is 45.0 Å². The number of aliphatic carboxylic acids is 4. The molecule has 0 aromatic carbocycles. The van der Waals surface area contributed by atoms with Gasteiger partial charge in [0.2, 0.25) is 0 Å². The zero-order valence-electron chi connectivity index (χ0n) is 12.3. The Bertz CT molecular complexity index is 364. The molecule has 0 aliphatic rings. The summed E-state index contributed by atoms with van der Waals surface area (Å²) in [5.41, 5.74) is -0.477. The molecule has 0 spiro atoms. The van der Waals surface area contributed by atoms with Gasteiger partial charge in [-0.3, -0.25) is 0 Å². The Labute approximate surface area is 120 Å². The van der Waals surface area contributed by atoms with E-state index in [1.54, 1.807) is 0 Å². The molecule has 0 bridgehead atoms. The molecule has 0 aliphatic carbocycles. The molecule has 0 saturated heterocycles. The highest BCUT2D eigenvalue weighted by atomic mass is 16.4. The van der Waals surface area contributed by atoms with Crippen molar-refractivity contribution in [2.45, 2.75) is 6.42 Å². The van der Waals surface area contributed by atoms with Gasteiger partial charge in [0.15, 0.2) is 0 Å². The predicted octanol–water partition coefficient (Wildman–Crippen LogP) is -4.02. The first-order valence-corrected chi connectivity index (χ1v) is 3.85.